The van der Waals surface area contributed by atoms with E-state index in [1.807, 2.05) is 35.2 Å². The summed E-state index contributed by atoms with van der Waals surface area (Å²) in [7, 11) is 3.36. The van der Waals surface area contributed by atoms with Crippen molar-refractivity contribution in [3.05, 3.63) is 54.0 Å². The van der Waals surface area contributed by atoms with E-state index in [1.165, 1.54) is 0 Å². The minimum Gasteiger partial charge on any atom is -0.496 e. The van der Waals surface area contributed by atoms with Crippen molar-refractivity contribution in [3.63, 3.8) is 0 Å². The molecule has 1 N–H and O–H groups in total. The van der Waals surface area contributed by atoms with Crippen LogP contribution in [0.5, 0.6) is 5.75 Å². The summed E-state index contributed by atoms with van der Waals surface area (Å²) in [5, 5.41) is 2.86. The summed E-state index contributed by atoms with van der Waals surface area (Å²) in [6.45, 7) is 2.29. The maximum atomic E-state index is 12.8. The molecule has 1 fully saturated rings. The third-order valence-corrected chi connectivity index (χ3v) is 4.80. The summed E-state index contributed by atoms with van der Waals surface area (Å²) >= 11 is 0. The first-order chi connectivity index (χ1) is 13.1. The second-order valence-electron chi connectivity index (χ2n) is 6.67. The fourth-order valence-corrected chi connectivity index (χ4v) is 3.29. The lowest BCUT2D eigenvalue weighted by molar-refractivity contribution is -0.138. The van der Waals surface area contributed by atoms with Crippen molar-refractivity contribution < 1.29 is 18.7 Å². The molecule has 0 bridgehead atoms. The van der Waals surface area contributed by atoms with Crippen LogP contribution in [-0.4, -0.2) is 54.9 Å². The average Bonchev–Trinajstić information content (AvgIpc) is 3.18. The number of hydrogen-bond donors (Lipinski definition) is 1. The third kappa shape index (κ3) is 4.68. The van der Waals surface area contributed by atoms with Crippen LogP contribution in [-0.2, 0) is 22.7 Å². The molecule has 7 heteroatoms. The quantitative estimate of drug-likeness (QED) is 0.801. The van der Waals surface area contributed by atoms with Crippen molar-refractivity contribution in [1.29, 1.82) is 0 Å². The van der Waals surface area contributed by atoms with Crippen molar-refractivity contribution >= 4 is 11.8 Å². The first-order valence-corrected chi connectivity index (χ1v) is 8.97. The molecule has 1 aromatic heterocycles. The molecule has 27 heavy (non-hydrogen) atoms. The number of carbonyl (C=O) groups is 2. The molecule has 2 amide bonds. The van der Waals surface area contributed by atoms with Crippen molar-refractivity contribution in [3.8, 4) is 5.75 Å². The lowest BCUT2D eigenvalue weighted by atomic mass is 10.1. The highest BCUT2D eigenvalue weighted by atomic mass is 16.5. The van der Waals surface area contributed by atoms with E-state index in [2.05, 4.69) is 5.32 Å². The van der Waals surface area contributed by atoms with Crippen molar-refractivity contribution in [2.75, 3.05) is 27.2 Å². The molecule has 1 saturated heterocycles. The van der Waals surface area contributed by atoms with Gasteiger partial charge in [-0.05, 0) is 12.1 Å². The van der Waals surface area contributed by atoms with Gasteiger partial charge in [0.05, 0.1) is 32.1 Å². The molecule has 144 valence electrons. The lowest BCUT2D eigenvalue weighted by Crippen LogP contribution is -2.56. The minimum atomic E-state index is -0.485. The Hall–Kier alpha value is -2.80. The van der Waals surface area contributed by atoms with Crippen molar-refractivity contribution in [2.24, 2.45) is 0 Å². The monoisotopic (exact) mass is 371 g/mol. The zero-order chi connectivity index (χ0) is 19.2. The second kappa shape index (κ2) is 8.73. The summed E-state index contributed by atoms with van der Waals surface area (Å²) in [6, 6.07) is 9.00. The lowest BCUT2D eigenvalue weighted by Gasteiger charge is -2.35. The number of carbonyl (C=O) groups excluding carboxylic acids is 2. The fraction of sp³-hybridized carbons (Fsp3) is 0.400. The van der Waals surface area contributed by atoms with Gasteiger partial charge in [-0.15, -0.1) is 0 Å². The zero-order valence-corrected chi connectivity index (χ0v) is 15.7. The summed E-state index contributed by atoms with van der Waals surface area (Å²) in [5.74, 6) is 0.554. The number of benzene rings is 1. The number of rotatable bonds is 7. The van der Waals surface area contributed by atoms with Gasteiger partial charge >= 0.3 is 0 Å². The number of hydrogen-bond acceptors (Lipinski definition) is 5. The normalized spacial score (nSPS) is 17.4. The molecule has 1 aliphatic heterocycles. The molecule has 1 atom stereocenters. The van der Waals surface area contributed by atoms with E-state index >= 15 is 0 Å². The summed E-state index contributed by atoms with van der Waals surface area (Å²) < 4.78 is 10.5. The van der Waals surface area contributed by atoms with Crippen LogP contribution in [0, 0.1) is 0 Å². The molecule has 1 aliphatic rings. The van der Waals surface area contributed by atoms with Gasteiger partial charge < -0.3 is 19.4 Å². The van der Waals surface area contributed by atoms with Crippen LogP contribution in [0.25, 0.3) is 0 Å². The standard InChI is InChI=1S/C20H25N3O4/c1-22(13-16-5-3-4-6-18(16)26-2)19(24)11-17-20(25)21-8-9-23(17)12-15-7-10-27-14-15/h3-7,10,14,17H,8-9,11-13H2,1-2H3,(H,21,25). The third-order valence-electron chi connectivity index (χ3n) is 4.80. The van der Waals surface area contributed by atoms with Crippen molar-refractivity contribution in [1.82, 2.24) is 15.1 Å². The number of furan rings is 1. The average molecular weight is 371 g/mol. The largest absolute Gasteiger partial charge is 0.496 e. The van der Waals surface area contributed by atoms with Crippen LogP contribution in [0.3, 0.4) is 0 Å². The molecule has 0 spiro atoms. The van der Waals surface area contributed by atoms with Crippen LogP contribution < -0.4 is 10.1 Å². The molecule has 0 radical (unpaired) electrons. The van der Waals surface area contributed by atoms with Gasteiger partial charge in [0.1, 0.15) is 5.75 Å². The van der Waals surface area contributed by atoms with Gasteiger partial charge in [0.2, 0.25) is 11.8 Å². The van der Waals surface area contributed by atoms with E-state index in [9.17, 15) is 9.59 Å². The molecular weight excluding hydrogens is 346 g/mol. The van der Waals surface area contributed by atoms with Gasteiger partial charge in [-0.25, -0.2) is 0 Å². The van der Waals surface area contributed by atoms with Crippen LogP contribution in [0.2, 0.25) is 0 Å². The smallest absolute Gasteiger partial charge is 0.237 e. The van der Waals surface area contributed by atoms with E-state index < -0.39 is 6.04 Å². The summed E-state index contributed by atoms with van der Waals surface area (Å²) in [4.78, 5) is 28.8. The SMILES string of the molecule is COc1ccccc1CN(C)C(=O)CC1C(=O)NCCN1Cc1ccoc1. The minimum absolute atomic E-state index is 0.0832. The molecule has 1 unspecified atom stereocenters. The van der Waals surface area contributed by atoms with Crippen LogP contribution >= 0.6 is 0 Å². The van der Waals surface area contributed by atoms with Gasteiger partial charge in [0.25, 0.3) is 0 Å². The van der Waals surface area contributed by atoms with Gasteiger partial charge in [-0.2, -0.15) is 0 Å². The first-order valence-electron chi connectivity index (χ1n) is 8.97. The molecule has 0 aliphatic carbocycles. The van der Waals surface area contributed by atoms with Gasteiger partial charge in [0.15, 0.2) is 0 Å². The predicted molar refractivity (Wildman–Crippen MR) is 100 cm³/mol. The molecule has 7 nitrogen and oxygen atoms in total. The van der Waals surface area contributed by atoms with E-state index in [-0.39, 0.29) is 18.2 Å². The molecular formula is C20H25N3O4. The number of methoxy groups -OCH3 is 1. The Kier molecular flexibility index (Phi) is 6.13. The Morgan fingerprint density at radius 1 is 1.37 bits per heavy atom. The van der Waals surface area contributed by atoms with Crippen LogP contribution in [0.1, 0.15) is 17.5 Å². The first kappa shape index (κ1) is 19.0. The van der Waals surface area contributed by atoms with Gasteiger partial charge in [-0.1, -0.05) is 18.2 Å². The van der Waals surface area contributed by atoms with E-state index in [0.29, 0.717) is 26.2 Å². The maximum Gasteiger partial charge on any atom is 0.237 e. The molecule has 2 heterocycles. The van der Waals surface area contributed by atoms with E-state index in [4.69, 9.17) is 9.15 Å². The topological polar surface area (TPSA) is 75.0 Å². The second-order valence-corrected chi connectivity index (χ2v) is 6.67. The fourth-order valence-electron chi connectivity index (χ4n) is 3.29. The van der Waals surface area contributed by atoms with Gasteiger partial charge in [0, 0.05) is 44.4 Å². The Morgan fingerprint density at radius 2 is 2.19 bits per heavy atom. The highest BCUT2D eigenvalue weighted by Gasteiger charge is 2.32. The van der Waals surface area contributed by atoms with E-state index in [0.717, 1.165) is 16.9 Å². The zero-order valence-electron chi connectivity index (χ0n) is 15.7. The summed E-state index contributed by atoms with van der Waals surface area (Å²) in [5.41, 5.74) is 1.92. The van der Waals surface area contributed by atoms with Crippen molar-refractivity contribution in [2.45, 2.75) is 25.6 Å². The van der Waals surface area contributed by atoms with E-state index in [1.54, 1.807) is 31.6 Å². The number of nitrogens with zero attached hydrogens (tertiary/aromatic N) is 2. The number of para-hydroxylation sites is 1. The maximum absolute atomic E-state index is 12.8. The Labute approximate surface area is 158 Å². The van der Waals surface area contributed by atoms with Gasteiger partial charge in [-0.3, -0.25) is 14.5 Å². The Bertz CT molecular complexity index is 775. The number of amides is 2. The molecule has 0 saturated carbocycles. The number of ether oxygens (including phenoxy) is 1. The number of nitrogens with one attached hydrogen (secondary N) is 1. The van der Waals surface area contributed by atoms with Crippen LogP contribution in [0.15, 0.2) is 47.3 Å². The Morgan fingerprint density at radius 3 is 2.93 bits per heavy atom. The number of piperazine rings is 1. The molecule has 2 aromatic rings. The summed E-state index contributed by atoms with van der Waals surface area (Å²) in [6.07, 6.45) is 3.41. The Balaban J connectivity index is 1.65. The highest BCUT2D eigenvalue weighted by molar-refractivity contribution is 5.88. The highest BCUT2D eigenvalue weighted by Crippen LogP contribution is 2.20. The molecule has 3 rings (SSSR count). The predicted octanol–water partition coefficient (Wildman–Crippen LogP) is 1.64. The van der Waals surface area contributed by atoms with Crippen LogP contribution in [0.4, 0.5) is 0 Å². The molecule has 1 aromatic carbocycles.